The number of ether oxygens (including phenoxy) is 1. The van der Waals surface area contributed by atoms with E-state index in [1.807, 2.05) is 18.2 Å². The number of aliphatic imine (C=N–C) groups is 1. The fraction of sp³-hybridized carbons (Fsp3) is 0. The molecule has 0 saturated carbocycles. The van der Waals surface area contributed by atoms with E-state index in [2.05, 4.69) is 4.99 Å². The zero-order chi connectivity index (χ0) is 9.10. The molecule has 0 amide bonds. The molecule has 0 N–H and O–H groups in total. The van der Waals surface area contributed by atoms with E-state index in [1.165, 1.54) is 12.3 Å². The molecule has 1 aliphatic heterocycles. The first kappa shape index (κ1) is 7.73. The minimum absolute atomic E-state index is 0.399. The first-order chi connectivity index (χ1) is 6.36. The van der Waals surface area contributed by atoms with Gasteiger partial charge in [0.05, 0.1) is 0 Å². The van der Waals surface area contributed by atoms with Crippen LogP contribution in [0.4, 0.5) is 0 Å². The third-order valence-electron chi connectivity index (χ3n) is 1.64. The maximum atomic E-state index is 11.0. The van der Waals surface area contributed by atoms with Crippen molar-refractivity contribution in [3.05, 3.63) is 42.1 Å². The lowest BCUT2D eigenvalue weighted by atomic mass is 10.2. The van der Waals surface area contributed by atoms with E-state index in [0.717, 1.165) is 5.56 Å². The van der Waals surface area contributed by atoms with Crippen molar-refractivity contribution in [2.24, 2.45) is 4.99 Å². The Morgan fingerprint density at radius 2 is 2.08 bits per heavy atom. The van der Waals surface area contributed by atoms with Crippen LogP contribution in [0, 0.1) is 0 Å². The molecule has 0 fully saturated rings. The molecule has 0 aliphatic carbocycles. The molecule has 0 aromatic heterocycles. The molecular formula is C10H7NO2. The van der Waals surface area contributed by atoms with E-state index in [1.54, 1.807) is 12.3 Å². The predicted molar refractivity (Wildman–Crippen MR) is 48.8 cm³/mol. The van der Waals surface area contributed by atoms with Gasteiger partial charge >= 0.3 is 5.97 Å². The number of benzene rings is 1. The molecule has 0 saturated heterocycles. The van der Waals surface area contributed by atoms with Gasteiger partial charge in [0.25, 0.3) is 0 Å². The van der Waals surface area contributed by atoms with Crippen LogP contribution in [0.2, 0.25) is 0 Å². The number of hydrogen-bond acceptors (Lipinski definition) is 3. The standard InChI is InChI=1S/C10H7NO2/c12-10-5-6-11-7-8-3-1-2-4-9(8)13-10/h1-7H/b6-5-,11-7?. The maximum Gasteiger partial charge on any atom is 0.337 e. The van der Waals surface area contributed by atoms with Crippen molar-refractivity contribution in [2.75, 3.05) is 0 Å². The summed E-state index contributed by atoms with van der Waals surface area (Å²) in [6.45, 7) is 0. The summed E-state index contributed by atoms with van der Waals surface area (Å²) in [5.74, 6) is 0.143. The SMILES string of the molecule is O=C1/C=C\N=Cc2ccccc2O1. The molecule has 13 heavy (non-hydrogen) atoms. The molecule has 1 aliphatic rings. The third-order valence-corrected chi connectivity index (χ3v) is 1.64. The molecule has 64 valence electrons. The van der Waals surface area contributed by atoms with Crippen molar-refractivity contribution in [3.63, 3.8) is 0 Å². The zero-order valence-corrected chi connectivity index (χ0v) is 6.81. The number of hydrogen-bond donors (Lipinski definition) is 0. The molecule has 1 aromatic rings. The highest BCUT2D eigenvalue weighted by Gasteiger charge is 2.05. The highest BCUT2D eigenvalue weighted by Crippen LogP contribution is 2.17. The van der Waals surface area contributed by atoms with Crippen LogP contribution in [0.25, 0.3) is 0 Å². The van der Waals surface area contributed by atoms with E-state index < -0.39 is 5.97 Å². The van der Waals surface area contributed by atoms with Gasteiger partial charge in [-0.3, -0.25) is 4.99 Å². The van der Waals surface area contributed by atoms with Crippen molar-refractivity contribution in [1.82, 2.24) is 0 Å². The second kappa shape index (κ2) is 3.23. The van der Waals surface area contributed by atoms with Crippen molar-refractivity contribution >= 4 is 12.2 Å². The Bertz CT molecular complexity index is 394. The van der Waals surface area contributed by atoms with Gasteiger partial charge in [0.2, 0.25) is 0 Å². The molecule has 0 radical (unpaired) electrons. The number of para-hydroxylation sites is 1. The first-order valence-electron chi connectivity index (χ1n) is 3.87. The summed E-state index contributed by atoms with van der Waals surface area (Å²) in [5.41, 5.74) is 0.806. The largest absolute Gasteiger partial charge is 0.423 e. The summed E-state index contributed by atoms with van der Waals surface area (Å²) >= 11 is 0. The summed E-state index contributed by atoms with van der Waals surface area (Å²) in [5, 5.41) is 0. The fourth-order valence-corrected chi connectivity index (χ4v) is 1.05. The molecule has 3 nitrogen and oxygen atoms in total. The van der Waals surface area contributed by atoms with Crippen LogP contribution < -0.4 is 4.74 Å². The van der Waals surface area contributed by atoms with Crippen LogP contribution in [0.15, 0.2) is 41.5 Å². The molecule has 1 aromatic carbocycles. The van der Waals surface area contributed by atoms with Gasteiger partial charge in [-0.25, -0.2) is 4.79 Å². The van der Waals surface area contributed by atoms with Gasteiger partial charge in [-0.1, -0.05) is 12.1 Å². The number of fused-ring (bicyclic) bond motifs is 1. The van der Waals surface area contributed by atoms with Crippen LogP contribution >= 0.6 is 0 Å². The molecule has 3 heteroatoms. The van der Waals surface area contributed by atoms with Gasteiger partial charge in [0.1, 0.15) is 5.75 Å². The van der Waals surface area contributed by atoms with Gasteiger partial charge < -0.3 is 4.74 Å². The van der Waals surface area contributed by atoms with Crippen LogP contribution in [-0.2, 0) is 4.79 Å². The second-order valence-electron chi connectivity index (χ2n) is 2.55. The Morgan fingerprint density at radius 1 is 1.23 bits per heavy atom. The molecule has 0 bridgehead atoms. The van der Waals surface area contributed by atoms with Gasteiger partial charge in [0.15, 0.2) is 0 Å². The molecule has 0 spiro atoms. The summed E-state index contributed by atoms with van der Waals surface area (Å²) in [7, 11) is 0. The Labute approximate surface area is 75.4 Å². The topological polar surface area (TPSA) is 38.7 Å². The van der Waals surface area contributed by atoms with Crippen molar-refractivity contribution in [2.45, 2.75) is 0 Å². The highest BCUT2D eigenvalue weighted by atomic mass is 16.5. The fourth-order valence-electron chi connectivity index (χ4n) is 1.05. The maximum absolute atomic E-state index is 11.0. The van der Waals surface area contributed by atoms with Crippen LogP contribution in [0.1, 0.15) is 5.56 Å². The minimum Gasteiger partial charge on any atom is -0.423 e. The van der Waals surface area contributed by atoms with Crippen molar-refractivity contribution in [1.29, 1.82) is 0 Å². The molecule has 1 heterocycles. The van der Waals surface area contributed by atoms with Gasteiger partial charge in [0, 0.05) is 24.1 Å². The Hall–Kier alpha value is -1.90. The number of carbonyl (C=O) groups excluding carboxylic acids is 1. The van der Waals surface area contributed by atoms with Crippen molar-refractivity contribution in [3.8, 4) is 5.75 Å². The van der Waals surface area contributed by atoms with Gasteiger partial charge in [-0.2, -0.15) is 0 Å². The van der Waals surface area contributed by atoms with E-state index in [0.29, 0.717) is 5.75 Å². The van der Waals surface area contributed by atoms with E-state index >= 15 is 0 Å². The normalized spacial score (nSPS) is 16.8. The van der Waals surface area contributed by atoms with Crippen LogP contribution in [-0.4, -0.2) is 12.2 Å². The average molecular weight is 173 g/mol. The van der Waals surface area contributed by atoms with Crippen LogP contribution in [0.3, 0.4) is 0 Å². The van der Waals surface area contributed by atoms with Crippen molar-refractivity contribution < 1.29 is 9.53 Å². The average Bonchev–Trinajstić information content (AvgIpc) is 2.11. The van der Waals surface area contributed by atoms with E-state index in [-0.39, 0.29) is 0 Å². The lowest BCUT2D eigenvalue weighted by Gasteiger charge is -2.05. The summed E-state index contributed by atoms with van der Waals surface area (Å²) in [6.07, 6.45) is 4.35. The van der Waals surface area contributed by atoms with Crippen LogP contribution in [0.5, 0.6) is 5.75 Å². The third kappa shape index (κ3) is 1.64. The molecule has 0 unspecified atom stereocenters. The summed E-state index contributed by atoms with van der Waals surface area (Å²) in [6, 6.07) is 7.25. The second-order valence-corrected chi connectivity index (χ2v) is 2.55. The van der Waals surface area contributed by atoms with E-state index in [9.17, 15) is 4.79 Å². The quantitative estimate of drug-likeness (QED) is 0.441. The summed E-state index contributed by atoms with van der Waals surface area (Å²) < 4.78 is 5.02. The Kier molecular flexibility index (Phi) is 1.92. The lowest BCUT2D eigenvalue weighted by Crippen LogP contribution is -2.06. The smallest absolute Gasteiger partial charge is 0.337 e. The lowest BCUT2D eigenvalue weighted by molar-refractivity contribution is -0.129. The minimum atomic E-state index is -0.399. The number of rotatable bonds is 0. The number of nitrogens with zero attached hydrogens (tertiary/aromatic N) is 1. The Balaban J connectivity index is 2.49. The predicted octanol–water partition coefficient (Wildman–Crippen LogP) is 1.54. The first-order valence-corrected chi connectivity index (χ1v) is 3.87. The number of esters is 1. The highest BCUT2D eigenvalue weighted by molar-refractivity contribution is 5.90. The van der Waals surface area contributed by atoms with Gasteiger partial charge in [-0.05, 0) is 12.1 Å². The summed E-state index contributed by atoms with van der Waals surface area (Å²) in [4.78, 5) is 14.9. The van der Waals surface area contributed by atoms with E-state index in [4.69, 9.17) is 4.74 Å². The molecular weight excluding hydrogens is 166 g/mol. The molecule has 0 atom stereocenters. The Morgan fingerprint density at radius 3 is 3.00 bits per heavy atom. The van der Waals surface area contributed by atoms with Gasteiger partial charge in [-0.15, -0.1) is 0 Å². The zero-order valence-electron chi connectivity index (χ0n) is 6.81. The monoisotopic (exact) mass is 173 g/mol. The molecule has 2 rings (SSSR count). The number of carbonyl (C=O) groups is 1.